The Hall–Kier alpha value is -1.02. The summed E-state index contributed by atoms with van der Waals surface area (Å²) in [4.78, 5) is 32.4. The van der Waals surface area contributed by atoms with Crippen molar-refractivity contribution in [1.29, 1.82) is 0 Å². The largest absolute Gasteiger partial charge is 0.701 e. The summed E-state index contributed by atoms with van der Waals surface area (Å²) < 4.78 is 14.1. The van der Waals surface area contributed by atoms with Crippen molar-refractivity contribution in [3.63, 3.8) is 0 Å². The standard InChI is InChI=1S/C7H12O6SSi/c1-5(8)11-15(3,12-6(2)9)13-7(10)4-14/h14H,4H2,1-3H3. The van der Waals surface area contributed by atoms with Crippen LogP contribution in [0.4, 0.5) is 0 Å². The molecule has 0 aromatic carbocycles. The van der Waals surface area contributed by atoms with Gasteiger partial charge in [-0.25, -0.2) is 0 Å². The van der Waals surface area contributed by atoms with E-state index >= 15 is 0 Å². The molecule has 0 radical (unpaired) electrons. The molecule has 0 saturated heterocycles. The second-order valence-corrected chi connectivity index (χ2v) is 5.34. The molecule has 0 amide bonds. The maximum absolute atomic E-state index is 10.9. The van der Waals surface area contributed by atoms with Crippen LogP contribution in [0.2, 0.25) is 6.55 Å². The minimum absolute atomic E-state index is 0.189. The van der Waals surface area contributed by atoms with Crippen LogP contribution in [0, 0.1) is 0 Å². The summed E-state index contributed by atoms with van der Waals surface area (Å²) >= 11 is 3.68. The third-order valence-electron chi connectivity index (χ3n) is 1.09. The van der Waals surface area contributed by atoms with Crippen molar-refractivity contribution in [1.82, 2.24) is 0 Å². The average molecular weight is 252 g/mol. The van der Waals surface area contributed by atoms with Gasteiger partial charge in [0.15, 0.2) is 0 Å². The lowest BCUT2D eigenvalue weighted by Gasteiger charge is -2.22. The highest BCUT2D eigenvalue weighted by molar-refractivity contribution is 7.81. The van der Waals surface area contributed by atoms with Crippen LogP contribution in [0.15, 0.2) is 0 Å². The summed E-state index contributed by atoms with van der Waals surface area (Å²) in [5.41, 5.74) is 0. The first-order valence-corrected chi connectivity index (χ1v) is 6.86. The number of hydrogen-bond acceptors (Lipinski definition) is 7. The zero-order valence-electron chi connectivity index (χ0n) is 8.60. The Kier molecular flexibility index (Phi) is 5.37. The van der Waals surface area contributed by atoms with E-state index in [4.69, 9.17) is 13.3 Å². The van der Waals surface area contributed by atoms with Gasteiger partial charge in [-0.05, 0) is 0 Å². The van der Waals surface area contributed by atoms with E-state index in [0.29, 0.717) is 0 Å². The number of thiol groups is 1. The van der Waals surface area contributed by atoms with Crippen molar-refractivity contribution in [2.24, 2.45) is 0 Å². The normalized spacial score (nSPS) is 10.4. The molecule has 6 nitrogen and oxygen atoms in total. The van der Waals surface area contributed by atoms with Gasteiger partial charge in [0, 0.05) is 20.4 Å². The van der Waals surface area contributed by atoms with E-state index in [1.54, 1.807) is 0 Å². The van der Waals surface area contributed by atoms with Gasteiger partial charge in [-0.2, -0.15) is 12.6 Å². The number of rotatable bonds is 4. The first kappa shape index (κ1) is 14.0. The van der Waals surface area contributed by atoms with E-state index in [9.17, 15) is 14.4 Å². The summed E-state index contributed by atoms with van der Waals surface area (Å²) in [5.74, 6) is -2.27. The second kappa shape index (κ2) is 5.76. The Balaban J connectivity index is 4.60. The van der Waals surface area contributed by atoms with E-state index in [1.807, 2.05) is 0 Å². The highest BCUT2D eigenvalue weighted by Crippen LogP contribution is 2.10. The highest BCUT2D eigenvalue weighted by atomic mass is 32.1. The summed E-state index contributed by atoms with van der Waals surface area (Å²) in [7, 11) is -3.56. The summed E-state index contributed by atoms with van der Waals surface area (Å²) in [6.07, 6.45) is 0. The molecule has 0 N–H and O–H groups in total. The zero-order chi connectivity index (χ0) is 12.1. The van der Waals surface area contributed by atoms with Crippen LogP contribution in [0.1, 0.15) is 13.8 Å². The number of carbonyl (C=O) groups is 3. The quantitative estimate of drug-likeness (QED) is 0.567. The molecule has 0 atom stereocenters. The van der Waals surface area contributed by atoms with E-state index < -0.39 is 26.7 Å². The molecule has 86 valence electrons. The van der Waals surface area contributed by atoms with Gasteiger partial charge < -0.3 is 13.3 Å². The first-order chi connectivity index (χ1) is 6.79. The Morgan fingerprint density at radius 3 is 1.73 bits per heavy atom. The van der Waals surface area contributed by atoms with Crippen LogP contribution < -0.4 is 0 Å². The predicted octanol–water partition coefficient (Wildman–Crippen LogP) is 0.154. The van der Waals surface area contributed by atoms with Crippen molar-refractivity contribution < 1.29 is 27.7 Å². The fourth-order valence-corrected chi connectivity index (χ4v) is 2.66. The van der Waals surface area contributed by atoms with Crippen LogP contribution in [0.25, 0.3) is 0 Å². The van der Waals surface area contributed by atoms with Gasteiger partial charge in [-0.15, -0.1) is 0 Å². The second-order valence-electron chi connectivity index (χ2n) is 2.68. The first-order valence-electron chi connectivity index (χ1n) is 4.01. The van der Waals surface area contributed by atoms with Crippen molar-refractivity contribution in [2.45, 2.75) is 20.4 Å². The average Bonchev–Trinajstić information content (AvgIpc) is 1.99. The van der Waals surface area contributed by atoms with E-state index in [1.165, 1.54) is 6.55 Å². The van der Waals surface area contributed by atoms with Gasteiger partial charge in [-0.3, -0.25) is 14.4 Å². The molecule has 15 heavy (non-hydrogen) atoms. The molecular weight excluding hydrogens is 240 g/mol. The summed E-state index contributed by atoms with van der Waals surface area (Å²) in [6.45, 7) is 3.53. The fourth-order valence-electron chi connectivity index (χ4n) is 0.824. The Labute approximate surface area is 93.7 Å². The van der Waals surface area contributed by atoms with Crippen LogP contribution in [0.3, 0.4) is 0 Å². The van der Waals surface area contributed by atoms with Gasteiger partial charge >= 0.3 is 14.8 Å². The molecule has 0 aromatic heterocycles. The molecule has 0 aliphatic rings. The molecule has 0 aliphatic carbocycles. The summed E-state index contributed by atoms with van der Waals surface area (Å²) in [6, 6.07) is 0. The number of carbonyl (C=O) groups excluding carboxylic acids is 3. The topological polar surface area (TPSA) is 78.9 Å². The molecule has 0 saturated carbocycles. The molecule has 0 aliphatic heterocycles. The van der Waals surface area contributed by atoms with Crippen LogP contribution >= 0.6 is 12.6 Å². The van der Waals surface area contributed by atoms with Crippen LogP contribution in [-0.4, -0.2) is 32.5 Å². The molecule has 0 rings (SSSR count). The molecule has 0 aromatic rings. The van der Waals surface area contributed by atoms with Crippen molar-refractivity contribution >= 4 is 39.3 Å². The molecular formula is C7H12O6SSi. The van der Waals surface area contributed by atoms with Gasteiger partial charge in [0.25, 0.3) is 11.9 Å². The lowest BCUT2D eigenvalue weighted by atomic mass is 10.8. The Morgan fingerprint density at radius 1 is 1.07 bits per heavy atom. The van der Waals surface area contributed by atoms with Crippen LogP contribution in [-0.2, 0) is 27.7 Å². The SMILES string of the molecule is CC(=O)O[Si](C)(OC(C)=O)OC(=O)CS. The van der Waals surface area contributed by atoms with Gasteiger partial charge in [0.05, 0.1) is 5.75 Å². The zero-order valence-corrected chi connectivity index (χ0v) is 10.5. The third-order valence-corrected chi connectivity index (χ3v) is 3.26. The van der Waals surface area contributed by atoms with Gasteiger partial charge in [0.2, 0.25) is 0 Å². The minimum Gasteiger partial charge on any atom is -0.455 e. The lowest BCUT2D eigenvalue weighted by Crippen LogP contribution is -2.47. The molecule has 8 heteroatoms. The molecule has 0 unspecified atom stereocenters. The molecule has 0 heterocycles. The maximum atomic E-state index is 10.9. The summed E-state index contributed by atoms with van der Waals surface area (Å²) in [5, 5.41) is 0. The minimum atomic E-state index is -3.56. The smallest absolute Gasteiger partial charge is 0.455 e. The highest BCUT2D eigenvalue weighted by Gasteiger charge is 2.46. The third kappa shape index (κ3) is 6.13. The monoisotopic (exact) mass is 252 g/mol. The van der Waals surface area contributed by atoms with E-state index in [0.717, 1.165) is 13.8 Å². The van der Waals surface area contributed by atoms with E-state index in [-0.39, 0.29) is 5.75 Å². The predicted molar refractivity (Wildman–Crippen MR) is 55.1 cm³/mol. The number of hydrogen-bond donors (Lipinski definition) is 1. The van der Waals surface area contributed by atoms with E-state index in [2.05, 4.69) is 12.6 Å². The van der Waals surface area contributed by atoms with Crippen LogP contribution in [0.5, 0.6) is 0 Å². The molecule has 0 spiro atoms. The fraction of sp³-hybridized carbons (Fsp3) is 0.571. The Morgan fingerprint density at radius 2 is 1.47 bits per heavy atom. The van der Waals surface area contributed by atoms with Crippen molar-refractivity contribution in [2.75, 3.05) is 5.75 Å². The molecule has 0 bridgehead atoms. The maximum Gasteiger partial charge on any atom is 0.701 e. The molecule has 0 fully saturated rings. The van der Waals surface area contributed by atoms with Gasteiger partial charge in [0.1, 0.15) is 0 Å². The van der Waals surface area contributed by atoms with Crippen molar-refractivity contribution in [3.8, 4) is 0 Å². The Bertz CT molecular complexity index is 263. The van der Waals surface area contributed by atoms with Gasteiger partial charge in [-0.1, -0.05) is 0 Å². The van der Waals surface area contributed by atoms with Crippen molar-refractivity contribution in [3.05, 3.63) is 0 Å². The lowest BCUT2D eigenvalue weighted by molar-refractivity contribution is -0.147.